The molecule has 114 valence electrons. The predicted octanol–water partition coefficient (Wildman–Crippen LogP) is 6.22. The molecule has 0 heterocycles. The molecule has 0 amide bonds. The molecule has 1 saturated carbocycles. The molecule has 1 N–H and O–H groups in total. The van der Waals surface area contributed by atoms with Crippen LogP contribution in [0.1, 0.15) is 48.5 Å². The van der Waals surface area contributed by atoms with Crippen LogP contribution in [0, 0.1) is 43.9 Å². The first kappa shape index (κ1) is 27.3. The van der Waals surface area contributed by atoms with Gasteiger partial charge < -0.3 is 20.1 Å². The Labute approximate surface area is 131 Å². The van der Waals surface area contributed by atoms with Gasteiger partial charge in [0.25, 0.3) is 0 Å². The Hall–Kier alpha value is 0.873. The van der Waals surface area contributed by atoms with E-state index in [1.54, 1.807) is 0 Å². The summed E-state index contributed by atoms with van der Waals surface area (Å²) in [7, 11) is 4.57. The van der Waals surface area contributed by atoms with Crippen molar-refractivity contribution in [2.75, 3.05) is 6.54 Å². The Kier molecular flexibility index (Phi) is 24.1. The second-order valence-corrected chi connectivity index (χ2v) is 4.90. The monoisotopic (exact) mass is 365 g/mol. The van der Waals surface area contributed by atoms with Gasteiger partial charge in [0.05, 0.1) is 0 Å². The molecule has 1 fully saturated rings. The minimum atomic E-state index is 0. The van der Waals surface area contributed by atoms with Crippen molar-refractivity contribution in [1.82, 2.24) is 0 Å². The molecule has 0 aromatic heterocycles. The maximum atomic E-state index is 6.39. The van der Waals surface area contributed by atoms with Crippen molar-refractivity contribution in [3.8, 4) is 0 Å². The molecule has 0 aromatic carbocycles. The van der Waals surface area contributed by atoms with Crippen molar-refractivity contribution in [1.29, 1.82) is 0 Å². The van der Waals surface area contributed by atoms with Crippen molar-refractivity contribution in [3.63, 3.8) is 0 Å². The minimum absolute atomic E-state index is 0. The van der Waals surface area contributed by atoms with E-state index >= 15 is 0 Å². The third-order valence-electron chi connectivity index (χ3n) is 4.32. The fourth-order valence-corrected chi connectivity index (χ4v) is 2.39. The normalized spacial score (nSPS) is 32.8. The fourth-order valence-electron chi connectivity index (χ4n) is 2.39. The molecule has 0 aliphatic heterocycles. The van der Waals surface area contributed by atoms with Crippen LogP contribution in [0.2, 0.25) is 0 Å². The van der Waals surface area contributed by atoms with Gasteiger partial charge in [0.2, 0.25) is 0 Å². The number of halogens is 1. The third-order valence-corrected chi connectivity index (χ3v) is 4.32. The maximum absolute atomic E-state index is 6.39. The van der Waals surface area contributed by atoms with Crippen LogP contribution < -0.4 is 0 Å². The van der Waals surface area contributed by atoms with Gasteiger partial charge in [0.1, 0.15) is 0 Å². The molecule has 0 radical (unpaired) electrons. The molecule has 0 unspecified atom stereocenters. The second kappa shape index (κ2) is 15.9. The third kappa shape index (κ3) is 8.89. The summed E-state index contributed by atoms with van der Waals surface area (Å²) in [5.41, 5.74) is 6.39. The van der Waals surface area contributed by atoms with Crippen molar-refractivity contribution in [2.45, 2.75) is 48.5 Å². The van der Waals surface area contributed by atoms with Crippen molar-refractivity contribution in [2.24, 2.45) is 29.6 Å². The SMILES string of the molecule is C.CC1C(C)C(C)C(C)C1C.[CH2-]CC[NH-].[CH3-].[Cl][Ru+3]. The zero-order chi connectivity index (χ0) is 13.3. The van der Waals surface area contributed by atoms with Crippen LogP contribution in [0.25, 0.3) is 5.73 Å². The van der Waals surface area contributed by atoms with Crippen molar-refractivity contribution in [3.05, 3.63) is 20.1 Å². The van der Waals surface area contributed by atoms with Crippen LogP contribution in [-0.2, 0) is 17.3 Å². The first-order chi connectivity index (χ1) is 7.47. The molecule has 18 heavy (non-hydrogen) atoms. The van der Waals surface area contributed by atoms with E-state index in [0.29, 0.717) is 6.54 Å². The summed E-state index contributed by atoms with van der Waals surface area (Å²) in [5, 5.41) is 0. The van der Waals surface area contributed by atoms with E-state index in [1.807, 2.05) is 17.3 Å². The van der Waals surface area contributed by atoms with Crippen LogP contribution in [0.15, 0.2) is 0 Å². The number of nitrogens with one attached hydrogen (secondary N) is 1. The summed E-state index contributed by atoms with van der Waals surface area (Å²) < 4.78 is 0. The van der Waals surface area contributed by atoms with Gasteiger partial charge in [0, 0.05) is 0 Å². The molecule has 0 bridgehead atoms. The van der Waals surface area contributed by atoms with Crippen LogP contribution in [0.4, 0.5) is 0 Å². The fraction of sp³-hybridized carbons (Fsp3) is 0.867. The van der Waals surface area contributed by atoms with Gasteiger partial charge >= 0.3 is 27.0 Å². The van der Waals surface area contributed by atoms with E-state index in [-0.39, 0.29) is 14.9 Å². The summed E-state index contributed by atoms with van der Waals surface area (Å²) >= 11 is 1.82. The van der Waals surface area contributed by atoms with Gasteiger partial charge in [-0.15, -0.1) is 0 Å². The van der Waals surface area contributed by atoms with Gasteiger partial charge in [-0.3, -0.25) is 0 Å². The predicted molar refractivity (Wildman–Crippen MR) is 84.0 cm³/mol. The van der Waals surface area contributed by atoms with E-state index < -0.39 is 0 Å². The Morgan fingerprint density at radius 2 is 1.00 bits per heavy atom. The van der Waals surface area contributed by atoms with Gasteiger partial charge in [0.15, 0.2) is 0 Å². The van der Waals surface area contributed by atoms with E-state index in [0.717, 1.165) is 36.0 Å². The first-order valence-electron chi connectivity index (χ1n) is 6.04. The summed E-state index contributed by atoms with van der Waals surface area (Å²) in [6.07, 6.45) is 0.736. The number of hydrogen-bond acceptors (Lipinski definition) is 0. The standard InChI is InChI=1S/C10H20.C3H7N.CH4.CH3.ClH.Ru/c1-6-7(2)9(4)10(5)8(6)3;1-2-3-4;;;;/h6-10H,1-5H3;4H,1-3H2;1H4;1H3;1H;/q;-2;;-1;;+4/p-1. The van der Waals surface area contributed by atoms with Crippen LogP contribution in [0.3, 0.4) is 0 Å². The zero-order valence-corrected chi connectivity index (χ0v) is 14.7. The molecular formula is C15H34ClNRu. The van der Waals surface area contributed by atoms with E-state index in [1.165, 1.54) is 0 Å². The topological polar surface area (TPSA) is 23.8 Å². The van der Waals surface area contributed by atoms with Gasteiger partial charge in [-0.05, 0) is 29.6 Å². The van der Waals surface area contributed by atoms with Gasteiger partial charge in [-0.1, -0.05) is 42.0 Å². The molecule has 1 aliphatic rings. The quantitative estimate of drug-likeness (QED) is 0.389. The van der Waals surface area contributed by atoms with Crippen molar-refractivity contribution < 1.29 is 17.3 Å². The Morgan fingerprint density at radius 3 is 1.06 bits per heavy atom. The average molecular weight is 365 g/mol. The first-order valence-corrected chi connectivity index (χ1v) is 8.28. The van der Waals surface area contributed by atoms with E-state index in [9.17, 15) is 0 Å². The molecule has 1 nitrogen and oxygen atoms in total. The van der Waals surface area contributed by atoms with Gasteiger partial charge in [-0.25, -0.2) is 6.42 Å². The molecule has 1 aliphatic carbocycles. The summed E-state index contributed by atoms with van der Waals surface area (Å²) in [5.74, 6) is 4.68. The molecule has 0 saturated heterocycles. The van der Waals surface area contributed by atoms with Gasteiger partial charge in [-0.2, -0.15) is 6.54 Å². The Bertz CT molecular complexity index is 109. The zero-order valence-electron chi connectivity index (χ0n) is 12.2. The second-order valence-electron chi connectivity index (χ2n) is 4.90. The molecule has 1 rings (SSSR count). The van der Waals surface area contributed by atoms with Crippen LogP contribution in [-0.4, -0.2) is 6.54 Å². The van der Waals surface area contributed by atoms with Crippen LogP contribution >= 0.6 is 9.69 Å². The van der Waals surface area contributed by atoms with Crippen molar-refractivity contribution >= 4 is 9.69 Å². The molecule has 0 aromatic rings. The number of rotatable bonds is 1. The Balaban J connectivity index is -0.000000107. The average Bonchev–Trinajstić information content (AvgIpc) is 2.50. The molecule has 3 heteroatoms. The van der Waals surface area contributed by atoms with E-state index in [2.05, 4.69) is 51.2 Å². The van der Waals surface area contributed by atoms with E-state index in [4.69, 9.17) is 5.73 Å². The molecular weight excluding hydrogens is 331 g/mol. The summed E-state index contributed by atoms with van der Waals surface area (Å²) in [6.45, 7) is 15.9. The summed E-state index contributed by atoms with van der Waals surface area (Å²) in [4.78, 5) is 0. The number of hydrogen-bond donors (Lipinski definition) is 0. The summed E-state index contributed by atoms with van der Waals surface area (Å²) in [6, 6.07) is 0. The Morgan fingerprint density at radius 1 is 0.889 bits per heavy atom. The molecule has 0 atom stereocenters. The van der Waals surface area contributed by atoms with Crippen LogP contribution in [0.5, 0.6) is 0 Å². The molecule has 0 spiro atoms.